The molecule has 0 aliphatic heterocycles. The van der Waals surface area contributed by atoms with Gasteiger partial charge in [-0.2, -0.15) is 43.9 Å². The minimum absolute atomic E-state index is 2.32. The molecule has 23 heavy (non-hydrogen) atoms. The maximum absolute atomic E-state index is 12.6. The Balaban J connectivity index is 5.94. The molecule has 0 aliphatic carbocycles. The maximum atomic E-state index is 12.6. The lowest BCUT2D eigenvalue weighted by molar-refractivity contribution is -0.378. The smallest absolute Gasteiger partial charge is 0.344 e. The quantitative estimate of drug-likeness (QED) is 0.607. The van der Waals surface area contributed by atoms with Crippen LogP contribution in [0.3, 0.4) is 0 Å². The van der Waals surface area contributed by atoms with Crippen molar-refractivity contribution < 1.29 is 66.2 Å². The Morgan fingerprint density at radius 2 is 0.696 bits per heavy atom. The van der Waals surface area contributed by atoms with Crippen LogP contribution in [-0.2, 0) is 4.74 Å². The number of alkyl halides is 14. The summed E-state index contributed by atoms with van der Waals surface area (Å²) in [6, 6.07) is 0. The van der Waals surface area contributed by atoms with Gasteiger partial charge >= 0.3 is 37.0 Å². The molecule has 0 spiro atoms. The number of halogens is 14. The molecule has 0 saturated carbocycles. The Labute approximate surface area is 117 Å². The molecule has 0 fully saturated rings. The van der Waals surface area contributed by atoms with Crippen molar-refractivity contribution in [2.45, 2.75) is 49.3 Å². The van der Waals surface area contributed by atoms with Crippen molar-refractivity contribution in [1.82, 2.24) is 0 Å². The van der Waals surface area contributed by atoms with Crippen molar-refractivity contribution in [2.75, 3.05) is 0 Å². The van der Waals surface area contributed by atoms with Crippen molar-refractivity contribution in [3.63, 3.8) is 0 Å². The molecule has 0 amide bonds. The van der Waals surface area contributed by atoms with Crippen molar-refractivity contribution in [1.29, 1.82) is 0 Å². The van der Waals surface area contributed by atoms with Crippen molar-refractivity contribution in [3.8, 4) is 0 Å². The Morgan fingerprint density at radius 3 is 0.826 bits per heavy atom. The lowest BCUT2D eigenvalue weighted by atomic mass is 10.1. The second kappa shape index (κ2) is 6.47. The third kappa shape index (κ3) is 4.97. The normalized spacial score (nSPS) is 17.7. The van der Waals surface area contributed by atoms with E-state index >= 15 is 0 Å². The van der Waals surface area contributed by atoms with E-state index in [2.05, 4.69) is 4.74 Å². The van der Waals surface area contributed by atoms with Crippen LogP contribution in [0.25, 0.3) is 0 Å². The minimum Gasteiger partial charge on any atom is -0.344 e. The minimum atomic E-state index is -6.69. The predicted octanol–water partition coefficient (Wildman–Crippen LogP) is 4.67. The SMILES string of the molecule is FC(F)C(F)(F)[C@H](O[C@H](C(F)(F)F)C(F)(F)C(F)F)C(F)(F)F. The summed E-state index contributed by atoms with van der Waals surface area (Å²) >= 11 is 0. The van der Waals surface area contributed by atoms with Gasteiger partial charge in [0.1, 0.15) is 0 Å². The van der Waals surface area contributed by atoms with Crippen molar-refractivity contribution in [2.24, 2.45) is 0 Å². The van der Waals surface area contributed by atoms with Crippen molar-refractivity contribution >= 4 is 0 Å². The Kier molecular flexibility index (Phi) is 6.18. The van der Waals surface area contributed by atoms with Gasteiger partial charge in [0.25, 0.3) is 0 Å². The van der Waals surface area contributed by atoms with E-state index in [9.17, 15) is 61.5 Å². The molecular formula is C8H4F14O. The van der Waals surface area contributed by atoms with Crippen LogP contribution >= 0.6 is 0 Å². The van der Waals surface area contributed by atoms with E-state index in [1.54, 1.807) is 0 Å². The van der Waals surface area contributed by atoms with Gasteiger partial charge in [-0.05, 0) is 0 Å². The average molecular weight is 382 g/mol. The Bertz CT molecular complexity index is 345. The summed E-state index contributed by atoms with van der Waals surface area (Å²) in [6.45, 7) is 0. The van der Waals surface area contributed by atoms with Gasteiger partial charge in [-0.1, -0.05) is 0 Å². The molecule has 15 heteroatoms. The van der Waals surface area contributed by atoms with Gasteiger partial charge in [0.2, 0.25) is 12.2 Å². The molecule has 0 radical (unpaired) electrons. The van der Waals surface area contributed by atoms with Crippen LogP contribution < -0.4 is 0 Å². The van der Waals surface area contributed by atoms with E-state index in [0.717, 1.165) is 0 Å². The van der Waals surface area contributed by atoms with Crippen LogP contribution in [0.5, 0.6) is 0 Å². The van der Waals surface area contributed by atoms with Crippen LogP contribution in [0.2, 0.25) is 0 Å². The van der Waals surface area contributed by atoms with Crippen LogP contribution in [0.15, 0.2) is 0 Å². The first-order valence-electron chi connectivity index (χ1n) is 4.97. The topological polar surface area (TPSA) is 9.23 Å². The zero-order chi connectivity index (χ0) is 19.0. The summed E-state index contributed by atoms with van der Waals surface area (Å²) in [5.41, 5.74) is 0. The van der Waals surface area contributed by atoms with Gasteiger partial charge in [-0.3, -0.25) is 0 Å². The number of rotatable bonds is 6. The third-order valence-electron chi connectivity index (χ3n) is 2.15. The molecule has 0 aromatic heterocycles. The number of hydrogen-bond donors (Lipinski definition) is 0. The fraction of sp³-hybridized carbons (Fsp3) is 1.00. The highest BCUT2D eigenvalue weighted by molar-refractivity contribution is 4.93. The van der Waals surface area contributed by atoms with Gasteiger partial charge in [-0.25, -0.2) is 17.6 Å². The summed E-state index contributed by atoms with van der Waals surface area (Å²) in [5.74, 6) is -12.8. The zero-order valence-corrected chi connectivity index (χ0v) is 10.0. The fourth-order valence-electron chi connectivity index (χ4n) is 1.14. The van der Waals surface area contributed by atoms with Crippen LogP contribution in [0.4, 0.5) is 61.5 Å². The second-order valence-electron chi connectivity index (χ2n) is 3.93. The third-order valence-corrected chi connectivity index (χ3v) is 2.15. The average Bonchev–Trinajstić information content (AvgIpc) is 2.24. The summed E-state index contributed by atoms with van der Waals surface area (Å²) in [4.78, 5) is 0. The molecule has 0 aromatic rings. The maximum Gasteiger partial charge on any atom is 0.420 e. The first-order chi connectivity index (χ1) is 9.86. The van der Waals surface area contributed by atoms with Gasteiger partial charge in [-0.15, -0.1) is 0 Å². The molecule has 0 heterocycles. The first-order valence-corrected chi connectivity index (χ1v) is 4.97. The van der Waals surface area contributed by atoms with Crippen LogP contribution in [0.1, 0.15) is 0 Å². The highest BCUT2D eigenvalue weighted by atomic mass is 19.4. The van der Waals surface area contributed by atoms with E-state index in [0.29, 0.717) is 0 Å². The molecule has 0 bridgehead atoms. The molecular weight excluding hydrogens is 378 g/mol. The second-order valence-corrected chi connectivity index (χ2v) is 3.93. The van der Waals surface area contributed by atoms with E-state index in [1.807, 2.05) is 0 Å². The van der Waals surface area contributed by atoms with Gasteiger partial charge in [0, 0.05) is 0 Å². The predicted molar refractivity (Wildman–Crippen MR) is 42.7 cm³/mol. The zero-order valence-electron chi connectivity index (χ0n) is 10.0. The van der Waals surface area contributed by atoms with E-state index in [1.165, 1.54) is 0 Å². The van der Waals surface area contributed by atoms with Gasteiger partial charge < -0.3 is 4.74 Å². The van der Waals surface area contributed by atoms with Gasteiger partial charge in [0.15, 0.2) is 0 Å². The van der Waals surface area contributed by atoms with E-state index < -0.39 is 49.3 Å². The number of hydrogen-bond acceptors (Lipinski definition) is 1. The molecule has 0 N–H and O–H groups in total. The molecule has 0 unspecified atom stereocenters. The Hall–Kier alpha value is -1.02. The summed E-state index contributed by atoms with van der Waals surface area (Å²) in [5, 5.41) is 0. The molecule has 0 aliphatic rings. The Morgan fingerprint density at radius 1 is 0.478 bits per heavy atom. The van der Waals surface area contributed by atoms with Crippen LogP contribution in [0, 0.1) is 0 Å². The number of ether oxygens (including phenoxy) is 1. The highest BCUT2D eigenvalue weighted by Crippen LogP contribution is 2.45. The summed E-state index contributed by atoms with van der Waals surface area (Å²) in [7, 11) is 0. The lowest BCUT2D eigenvalue weighted by Gasteiger charge is -2.34. The summed E-state index contributed by atoms with van der Waals surface area (Å²) < 4.78 is 173. The molecule has 0 aromatic carbocycles. The largest absolute Gasteiger partial charge is 0.420 e. The van der Waals surface area contributed by atoms with Crippen molar-refractivity contribution in [3.05, 3.63) is 0 Å². The van der Waals surface area contributed by atoms with E-state index in [4.69, 9.17) is 0 Å². The standard InChI is InChI=1S/C8H4F14O/c9-3(10)5(13,14)1(7(17,18)19)23-2(8(20,21)22)6(15,16)4(11)12/h1-4H/t1-,2-/m0/s1. The molecule has 0 rings (SSSR count). The van der Waals surface area contributed by atoms with Crippen LogP contribution in [-0.4, -0.2) is 49.3 Å². The molecule has 140 valence electrons. The molecule has 2 atom stereocenters. The first kappa shape index (κ1) is 22.0. The molecule has 1 nitrogen and oxygen atoms in total. The monoisotopic (exact) mass is 382 g/mol. The van der Waals surface area contributed by atoms with Gasteiger partial charge in [0.05, 0.1) is 0 Å². The van der Waals surface area contributed by atoms with E-state index in [-0.39, 0.29) is 0 Å². The summed E-state index contributed by atoms with van der Waals surface area (Å²) in [6.07, 6.45) is -34.7. The molecule has 0 saturated heterocycles. The fourth-order valence-corrected chi connectivity index (χ4v) is 1.14. The lowest BCUT2D eigenvalue weighted by Crippen LogP contribution is -2.59. The highest BCUT2D eigenvalue weighted by Gasteiger charge is 2.69.